The van der Waals surface area contributed by atoms with Crippen LogP contribution in [0.5, 0.6) is 0 Å². The van der Waals surface area contributed by atoms with Gasteiger partial charge in [-0.3, -0.25) is 0 Å². The van der Waals surface area contributed by atoms with E-state index in [2.05, 4.69) is 36.6 Å². The highest BCUT2D eigenvalue weighted by Gasteiger charge is 2.42. The first-order chi connectivity index (χ1) is 9.88. The molecule has 2 atom stereocenters. The van der Waals surface area contributed by atoms with Crippen LogP contribution in [-0.2, 0) is 14.8 Å². The lowest BCUT2D eigenvalue weighted by Gasteiger charge is -2.20. The molecule has 4 nitrogen and oxygen atoms in total. The topological polar surface area (TPSA) is 55.4 Å². The molecule has 2 aliphatic rings. The Morgan fingerprint density at radius 3 is 2.57 bits per heavy atom. The van der Waals surface area contributed by atoms with Crippen LogP contribution < -0.4 is 4.72 Å². The highest BCUT2D eigenvalue weighted by Crippen LogP contribution is 2.39. The van der Waals surface area contributed by atoms with Gasteiger partial charge >= 0.3 is 0 Å². The molecule has 1 saturated carbocycles. The average molecular weight is 439 g/mol. The minimum absolute atomic E-state index is 0.0347. The van der Waals surface area contributed by atoms with Gasteiger partial charge in [-0.15, -0.1) is 0 Å². The molecule has 7 heteroatoms. The quantitative estimate of drug-likeness (QED) is 0.783. The smallest absolute Gasteiger partial charge is 0.242 e. The van der Waals surface area contributed by atoms with Gasteiger partial charge in [-0.2, -0.15) is 0 Å². The van der Waals surface area contributed by atoms with Crippen molar-refractivity contribution in [2.45, 2.75) is 43.2 Å². The van der Waals surface area contributed by atoms with Crippen molar-refractivity contribution in [2.24, 2.45) is 5.92 Å². The molecule has 1 aliphatic carbocycles. The Bertz CT molecular complexity index is 658. The second kappa shape index (κ2) is 5.92. The molecule has 0 radical (unpaired) electrons. The normalized spacial score (nSPS) is 26.2. The summed E-state index contributed by atoms with van der Waals surface area (Å²) in [6.45, 7) is 2.56. The summed E-state index contributed by atoms with van der Waals surface area (Å²) in [7, 11) is -3.56. The van der Waals surface area contributed by atoms with Gasteiger partial charge in [-0.25, -0.2) is 13.1 Å². The zero-order chi connectivity index (χ0) is 15.2. The van der Waals surface area contributed by atoms with E-state index in [9.17, 15) is 8.42 Å². The second-order valence-corrected chi connectivity index (χ2v) is 9.11. The Kier molecular flexibility index (Phi) is 4.49. The molecule has 0 aromatic heterocycles. The molecule has 0 bridgehead atoms. The average Bonchev–Trinajstić information content (AvgIpc) is 3.14. The van der Waals surface area contributed by atoms with Crippen LogP contribution in [0.25, 0.3) is 0 Å². The van der Waals surface area contributed by atoms with E-state index in [1.54, 1.807) is 6.07 Å². The molecule has 1 N–H and O–H groups in total. The van der Waals surface area contributed by atoms with Crippen molar-refractivity contribution in [3.63, 3.8) is 0 Å². The van der Waals surface area contributed by atoms with Gasteiger partial charge in [0.15, 0.2) is 0 Å². The van der Waals surface area contributed by atoms with Gasteiger partial charge in [-0.1, -0.05) is 15.9 Å². The Balaban J connectivity index is 1.85. The third kappa shape index (κ3) is 3.37. The highest BCUT2D eigenvalue weighted by atomic mass is 79.9. The van der Waals surface area contributed by atoms with Crippen molar-refractivity contribution in [3.05, 3.63) is 26.6 Å². The summed E-state index contributed by atoms with van der Waals surface area (Å²) in [6, 6.07) is 3.33. The number of benzene rings is 1. The summed E-state index contributed by atoms with van der Waals surface area (Å²) in [5, 5.41) is 0. The van der Waals surface area contributed by atoms with Gasteiger partial charge in [-0.05, 0) is 65.7 Å². The number of ether oxygens (including phenoxy) is 1. The molecule has 1 heterocycles. The molecular weight excluding hydrogens is 422 g/mol. The first-order valence-electron chi connectivity index (χ1n) is 6.98. The molecule has 3 rings (SSSR count). The van der Waals surface area contributed by atoms with Gasteiger partial charge in [0, 0.05) is 15.6 Å². The minimum Gasteiger partial charge on any atom is -0.376 e. The zero-order valence-electron chi connectivity index (χ0n) is 11.6. The molecular formula is C14H17Br2NO3S. The Hall–Kier alpha value is 0.0500. The third-order valence-corrected chi connectivity index (χ3v) is 7.33. The number of halogens is 2. The predicted octanol–water partition coefficient (Wildman–Crippen LogP) is 3.37. The highest BCUT2D eigenvalue weighted by molar-refractivity contribution is 9.11. The van der Waals surface area contributed by atoms with Crippen molar-refractivity contribution >= 4 is 41.9 Å². The summed E-state index contributed by atoms with van der Waals surface area (Å²) in [6.07, 6.45) is 3.06. The van der Waals surface area contributed by atoms with E-state index in [1.165, 1.54) is 0 Å². The fraction of sp³-hybridized carbons (Fsp3) is 0.571. The van der Waals surface area contributed by atoms with Crippen LogP contribution in [0.2, 0.25) is 0 Å². The molecule has 116 valence electrons. The fourth-order valence-electron chi connectivity index (χ4n) is 2.72. The second-order valence-electron chi connectivity index (χ2n) is 5.72. The maximum absolute atomic E-state index is 12.6. The van der Waals surface area contributed by atoms with Gasteiger partial charge in [0.1, 0.15) is 0 Å². The lowest BCUT2D eigenvalue weighted by molar-refractivity contribution is 0.0848. The minimum atomic E-state index is -3.56. The number of aryl methyl sites for hydroxylation is 1. The molecule has 2 fully saturated rings. The van der Waals surface area contributed by atoms with E-state index in [1.807, 2.05) is 13.0 Å². The van der Waals surface area contributed by atoms with Gasteiger partial charge in [0.05, 0.1) is 17.0 Å². The molecule has 1 aliphatic heterocycles. The largest absolute Gasteiger partial charge is 0.376 e. The van der Waals surface area contributed by atoms with Crippen molar-refractivity contribution in [2.75, 3.05) is 6.61 Å². The van der Waals surface area contributed by atoms with E-state index in [4.69, 9.17) is 4.74 Å². The summed E-state index contributed by atoms with van der Waals surface area (Å²) in [4.78, 5) is 0.265. The Morgan fingerprint density at radius 1 is 1.19 bits per heavy atom. The van der Waals surface area contributed by atoms with Crippen LogP contribution in [0.15, 0.2) is 26.0 Å². The summed E-state index contributed by atoms with van der Waals surface area (Å²) >= 11 is 6.74. The lowest BCUT2D eigenvalue weighted by Crippen LogP contribution is -2.41. The van der Waals surface area contributed by atoms with E-state index < -0.39 is 10.0 Å². The van der Waals surface area contributed by atoms with Crippen molar-refractivity contribution in [1.82, 2.24) is 4.72 Å². The van der Waals surface area contributed by atoms with Crippen molar-refractivity contribution in [1.29, 1.82) is 0 Å². The number of nitrogens with one attached hydrogen (secondary N) is 1. The zero-order valence-corrected chi connectivity index (χ0v) is 15.6. The van der Waals surface area contributed by atoms with Gasteiger partial charge in [0.2, 0.25) is 10.0 Å². The number of sulfonamides is 1. The number of hydrogen-bond donors (Lipinski definition) is 1. The SMILES string of the molecule is Cc1cc(Br)c(S(=O)(=O)NC2CCOC2C2CC2)cc1Br. The van der Waals surface area contributed by atoms with Crippen LogP contribution in [0, 0.1) is 12.8 Å². The van der Waals surface area contributed by atoms with Gasteiger partial charge in [0.25, 0.3) is 0 Å². The molecule has 1 aromatic rings. The fourth-order valence-corrected chi connectivity index (χ4v) is 5.68. The van der Waals surface area contributed by atoms with Crippen LogP contribution >= 0.6 is 31.9 Å². The molecule has 1 saturated heterocycles. The molecule has 1 aromatic carbocycles. The maximum atomic E-state index is 12.6. The lowest BCUT2D eigenvalue weighted by atomic mass is 10.1. The number of rotatable bonds is 4. The Morgan fingerprint density at radius 2 is 1.90 bits per heavy atom. The van der Waals surface area contributed by atoms with E-state index in [0.717, 1.165) is 29.3 Å². The maximum Gasteiger partial charge on any atom is 0.242 e. The monoisotopic (exact) mass is 437 g/mol. The number of hydrogen-bond acceptors (Lipinski definition) is 3. The molecule has 21 heavy (non-hydrogen) atoms. The summed E-state index contributed by atoms with van der Waals surface area (Å²) in [5.74, 6) is 0.522. The molecule has 0 amide bonds. The summed E-state index contributed by atoms with van der Waals surface area (Å²) in [5.41, 5.74) is 0.987. The van der Waals surface area contributed by atoms with Gasteiger partial charge < -0.3 is 4.74 Å². The van der Waals surface area contributed by atoms with Crippen LogP contribution in [0.3, 0.4) is 0 Å². The first kappa shape index (κ1) is 15.9. The summed E-state index contributed by atoms with van der Waals surface area (Å²) < 4.78 is 35.2. The van der Waals surface area contributed by atoms with E-state index >= 15 is 0 Å². The molecule has 2 unspecified atom stereocenters. The van der Waals surface area contributed by atoms with Crippen molar-refractivity contribution < 1.29 is 13.2 Å². The van der Waals surface area contributed by atoms with E-state index in [-0.39, 0.29) is 17.0 Å². The van der Waals surface area contributed by atoms with Crippen molar-refractivity contribution in [3.8, 4) is 0 Å². The van der Waals surface area contributed by atoms with Crippen LogP contribution in [-0.4, -0.2) is 27.2 Å². The molecule has 0 spiro atoms. The first-order valence-corrected chi connectivity index (χ1v) is 10.0. The predicted molar refractivity (Wildman–Crippen MR) is 87.8 cm³/mol. The third-order valence-electron chi connectivity index (χ3n) is 4.03. The standard InChI is InChI=1S/C14H17Br2NO3S/c1-8-6-11(16)13(7-10(8)15)21(18,19)17-12-4-5-20-14(12)9-2-3-9/h6-7,9,12,14,17H,2-5H2,1H3. The van der Waals surface area contributed by atoms with Crippen LogP contribution in [0.1, 0.15) is 24.8 Å². The van der Waals surface area contributed by atoms with Crippen LogP contribution in [0.4, 0.5) is 0 Å². The Labute approximate surface area is 141 Å². The van der Waals surface area contributed by atoms with E-state index in [0.29, 0.717) is 17.0 Å².